The van der Waals surface area contributed by atoms with Crippen molar-refractivity contribution in [3.8, 4) is 0 Å². The summed E-state index contributed by atoms with van der Waals surface area (Å²) in [6.07, 6.45) is 5.32. The second-order valence-corrected chi connectivity index (χ2v) is 7.70. The molecule has 0 atom stereocenters. The van der Waals surface area contributed by atoms with Gasteiger partial charge in [-0.1, -0.05) is 11.6 Å². The highest BCUT2D eigenvalue weighted by Crippen LogP contribution is 2.44. The van der Waals surface area contributed by atoms with Gasteiger partial charge in [-0.25, -0.2) is 18.6 Å². The predicted octanol–water partition coefficient (Wildman–Crippen LogP) is 4.93. The van der Waals surface area contributed by atoms with Crippen molar-refractivity contribution in [3.63, 3.8) is 0 Å². The molecule has 0 bridgehead atoms. The first-order chi connectivity index (χ1) is 11.8. The second-order valence-electron chi connectivity index (χ2n) is 7.29. The lowest BCUT2D eigenvalue weighted by atomic mass is 9.83. The molecule has 0 unspecified atom stereocenters. The zero-order valence-corrected chi connectivity index (χ0v) is 14.4. The van der Waals surface area contributed by atoms with Gasteiger partial charge in [0.05, 0.1) is 16.3 Å². The van der Waals surface area contributed by atoms with E-state index in [0.29, 0.717) is 30.8 Å². The van der Waals surface area contributed by atoms with Crippen LogP contribution in [0.2, 0.25) is 5.02 Å². The Morgan fingerprint density at radius 1 is 1.32 bits per heavy atom. The van der Waals surface area contributed by atoms with Crippen LogP contribution in [0.3, 0.4) is 0 Å². The fourth-order valence-corrected chi connectivity index (χ4v) is 3.99. The van der Waals surface area contributed by atoms with Crippen LogP contribution in [0.1, 0.15) is 66.2 Å². The number of carbonyl (C=O) groups is 1. The van der Waals surface area contributed by atoms with Gasteiger partial charge in [0.25, 0.3) is 0 Å². The number of pyridine rings is 1. The zero-order valence-electron chi connectivity index (χ0n) is 13.6. The highest BCUT2D eigenvalue weighted by molar-refractivity contribution is 6.33. The minimum atomic E-state index is -2.53. The SMILES string of the molecule is O=C(O)c1cc2nc(C3CC3)c(CC3CCC(F)(F)CC3)n2cc1Cl. The van der Waals surface area contributed by atoms with E-state index < -0.39 is 11.9 Å². The van der Waals surface area contributed by atoms with Crippen molar-refractivity contribution in [2.75, 3.05) is 0 Å². The average molecular weight is 369 g/mol. The van der Waals surface area contributed by atoms with E-state index in [1.165, 1.54) is 6.07 Å². The fraction of sp³-hybridized carbons (Fsp3) is 0.556. The van der Waals surface area contributed by atoms with Gasteiger partial charge >= 0.3 is 5.97 Å². The number of imidazole rings is 1. The number of aromatic carboxylic acids is 1. The Balaban J connectivity index is 1.70. The van der Waals surface area contributed by atoms with Crippen LogP contribution in [0.4, 0.5) is 8.78 Å². The van der Waals surface area contributed by atoms with Crippen LogP contribution in [0.25, 0.3) is 5.65 Å². The van der Waals surface area contributed by atoms with Crippen LogP contribution >= 0.6 is 11.6 Å². The predicted molar refractivity (Wildman–Crippen MR) is 89.7 cm³/mol. The maximum atomic E-state index is 13.4. The lowest BCUT2D eigenvalue weighted by molar-refractivity contribution is -0.0457. The first-order valence-electron chi connectivity index (χ1n) is 8.65. The van der Waals surface area contributed by atoms with Gasteiger partial charge in [-0.3, -0.25) is 0 Å². The van der Waals surface area contributed by atoms with Gasteiger partial charge in [-0.2, -0.15) is 0 Å². The summed E-state index contributed by atoms with van der Waals surface area (Å²) in [5, 5.41) is 9.40. The molecule has 2 fully saturated rings. The summed E-state index contributed by atoms with van der Waals surface area (Å²) in [7, 11) is 0. The van der Waals surface area contributed by atoms with Crippen LogP contribution in [0.5, 0.6) is 0 Å². The quantitative estimate of drug-likeness (QED) is 0.832. The molecule has 2 saturated carbocycles. The molecule has 4 rings (SSSR count). The Bertz CT molecular complexity index is 835. The maximum Gasteiger partial charge on any atom is 0.337 e. The number of nitrogens with zero attached hydrogens (tertiary/aromatic N) is 2. The third-order valence-corrected chi connectivity index (χ3v) is 5.66. The molecule has 2 aromatic rings. The minimum absolute atomic E-state index is 0.0328. The summed E-state index contributed by atoms with van der Waals surface area (Å²) in [5.41, 5.74) is 2.59. The van der Waals surface area contributed by atoms with E-state index in [2.05, 4.69) is 4.98 Å². The van der Waals surface area contributed by atoms with Crippen LogP contribution in [-0.4, -0.2) is 26.4 Å². The first kappa shape index (κ1) is 16.8. The minimum Gasteiger partial charge on any atom is -0.478 e. The molecule has 0 saturated heterocycles. The molecule has 7 heteroatoms. The normalized spacial score (nSPS) is 20.9. The van der Waals surface area contributed by atoms with Gasteiger partial charge < -0.3 is 9.51 Å². The van der Waals surface area contributed by atoms with Crippen molar-refractivity contribution < 1.29 is 18.7 Å². The van der Waals surface area contributed by atoms with Gasteiger partial charge in [0.15, 0.2) is 0 Å². The topological polar surface area (TPSA) is 54.6 Å². The molecule has 0 spiro atoms. The van der Waals surface area contributed by atoms with Crippen molar-refractivity contribution in [2.24, 2.45) is 5.92 Å². The molecular weight excluding hydrogens is 350 g/mol. The van der Waals surface area contributed by atoms with Crippen LogP contribution in [0, 0.1) is 5.92 Å². The van der Waals surface area contributed by atoms with Gasteiger partial charge in [0.1, 0.15) is 5.65 Å². The highest BCUT2D eigenvalue weighted by Gasteiger charge is 2.37. The van der Waals surface area contributed by atoms with E-state index in [4.69, 9.17) is 11.6 Å². The Hall–Kier alpha value is -1.69. The number of halogens is 3. The molecule has 2 heterocycles. The van der Waals surface area contributed by atoms with Gasteiger partial charge in [0, 0.05) is 30.7 Å². The van der Waals surface area contributed by atoms with Crippen LogP contribution in [-0.2, 0) is 6.42 Å². The number of hydrogen-bond acceptors (Lipinski definition) is 2. The maximum absolute atomic E-state index is 13.4. The van der Waals surface area contributed by atoms with E-state index in [1.807, 2.05) is 4.40 Å². The molecule has 0 radical (unpaired) electrons. The van der Waals surface area contributed by atoms with E-state index in [-0.39, 0.29) is 29.3 Å². The molecule has 0 aliphatic heterocycles. The summed E-state index contributed by atoms with van der Waals surface area (Å²) >= 11 is 6.13. The molecule has 4 nitrogen and oxygen atoms in total. The number of fused-ring (bicyclic) bond motifs is 1. The van der Waals surface area contributed by atoms with Gasteiger partial charge in [-0.15, -0.1) is 0 Å². The number of aromatic nitrogens is 2. The van der Waals surface area contributed by atoms with Crippen molar-refractivity contribution in [3.05, 3.63) is 34.2 Å². The zero-order chi connectivity index (χ0) is 17.8. The lowest BCUT2D eigenvalue weighted by Gasteiger charge is -2.28. The molecule has 1 N–H and O–H groups in total. The number of rotatable bonds is 4. The summed E-state index contributed by atoms with van der Waals surface area (Å²) in [4.78, 5) is 15.9. The molecule has 25 heavy (non-hydrogen) atoms. The molecule has 2 aliphatic rings. The Morgan fingerprint density at radius 2 is 2.00 bits per heavy atom. The Morgan fingerprint density at radius 3 is 2.60 bits per heavy atom. The van der Waals surface area contributed by atoms with E-state index in [9.17, 15) is 18.7 Å². The summed E-state index contributed by atoms with van der Waals surface area (Å²) in [6.45, 7) is 0. The monoisotopic (exact) mass is 368 g/mol. The fourth-order valence-electron chi connectivity index (χ4n) is 3.76. The van der Waals surface area contributed by atoms with Gasteiger partial charge in [-0.05, 0) is 44.1 Å². The van der Waals surface area contributed by atoms with E-state index in [0.717, 1.165) is 24.2 Å². The largest absolute Gasteiger partial charge is 0.478 e. The highest BCUT2D eigenvalue weighted by atomic mass is 35.5. The molecule has 2 aromatic heterocycles. The van der Waals surface area contributed by atoms with E-state index >= 15 is 0 Å². The number of carboxylic acid groups (broad SMARTS) is 1. The number of hydrogen-bond donors (Lipinski definition) is 1. The third kappa shape index (κ3) is 3.24. The Kier molecular flexibility index (Phi) is 3.98. The van der Waals surface area contributed by atoms with Gasteiger partial charge in [0.2, 0.25) is 5.92 Å². The summed E-state index contributed by atoms with van der Waals surface area (Å²) < 4.78 is 28.7. The van der Waals surface area contributed by atoms with Crippen molar-refractivity contribution in [2.45, 2.75) is 56.8 Å². The lowest BCUT2D eigenvalue weighted by Crippen LogP contribution is -2.26. The number of alkyl halides is 2. The standard InChI is InChI=1S/C18H19ClF2N2O2/c19-13-9-23-14(7-10-3-5-18(20,21)6-4-10)16(11-1-2-11)22-15(23)8-12(13)17(24)25/h8-11H,1-7H2,(H,24,25). The molecule has 0 amide bonds. The Labute approximate surface area is 148 Å². The molecule has 2 aliphatic carbocycles. The third-order valence-electron chi connectivity index (χ3n) is 5.35. The average Bonchev–Trinajstić information content (AvgIpc) is 3.33. The second kappa shape index (κ2) is 5.94. The van der Waals surface area contributed by atoms with Crippen molar-refractivity contribution in [1.29, 1.82) is 0 Å². The summed E-state index contributed by atoms with van der Waals surface area (Å²) in [5.74, 6) is -3.02. The van der Waals surface area contributed by atoms with Crippen LogP contribution in [0.15, 0.2) is 12.3 Å². The molecular formula is C18H19ClF2N2O2. The van der Waals surface area contributed by atoms with Crippen LogP contribution < -0.4 is 0 Å². The molecule has 134 valence electrons. The molecule has 0 aromatic carbocycles. The summed E-state index contributed by atoms with van der Waals surface area (Å²) in [6, 6.07) is 1.50. The van der Waals surface area contributed by atoms with Crippen molar-refractivity contribution >= 4 is 23.2 Å². The number of carboxylic acids is 1. The first-order valence-corrected chi connectivity index (χ1v) is 9.03. The van der Waals surface area contributed by atoms with Crippen molar-refractivity contribution in [1.82, 2.24) is 9.38 Å². The smallest absolute Gasteiger partial charge is 0.337 e. The van der Waals surface area contributed by atoms with E-state index in [1.54, 1.807) is 6.20 Å².